The average Bonchev–Trinajstić information content (AvgIpc) is 3.24. The van der Waals surface area contributed by atoms with Crippen molar-refractivity contribution in [2.24, 2.45) is 0 Å². The van der Waals surface area contributed by atoms with Crippen molar-refractivity contribution < 1.29 is 28.6 Å². The van der Waals surface area contributed by atoms with Crippen molar-refractivity contribution in [3.8, 4) is 0 Å². The molecule has 1 unspecified atom stereocenters. The first-order valence-corrected chi connectivity index (χ1v) is 24.6. The van der Waals surface area contributed by atoms with E-state index < -0.39 is 6.10 Å². The summed E-state index contributed by atoms with van der Waals surface area (Å²) in [6, 6.07) is 0. The molecule has 0 aliphatic carbocycles. The lowest BCUT2D eigenvalue weighted by Gasteiger charge is -2.18. The number of hydrogen-bond donors (Lipinski definition) is 0. The molecule has 60 heavy (non-hydrogen) atoms. The molecule has 0 amide bonds. The van der Waals surface area contributed by atoms with Crippen LogP contribution in [0, 0.1) is 0 Å². The molecule has 0 bridgehead atoms. The third-order valence-electron chi connectivity index (χ3n) is 10.1. The molecule has 0 saturated carbocycles. The van der Waals surface area contributed by atoms with E-state index in [1.807, 2.05) is 0 Å². The first kappa shape index (κ1) is 56.6. The minimum atomic E-state index is -0.813. The van der Waals surface area contributed by atoms with Crippen molar-refractivity contribution in [1.82, 2.24) is 0 Å². The fourth-order valence-corrected chi connectivity index (χ4v) is 6.42. The third-order valence-corrected chi connectivity index (χ3v) is 10.1. The van der Waals surface area contributed by atoms with E-state index in [1.165, 1.54) is 83.5 Å². The minimum absolute atomic E-state index is 0.114. The summed E-state index contributed by atoms with van der Waals surface area (Å²) in [5, 5.41) is 0. The molecule has 0 aliphatic heterocycles. The molecule has 342 valence electrons. The fraction of sp³-hybridized carbons (Fsp3) is 0.685. The Balaban J connectivity index is 4.47. The predicted molar refractivity (Wildman–Crippen MR) is 256 cm³/mol. The number of esters is 3. The molecule has 0 N–H and O–H groups in total. The smallest absolute Gasteiger partial charge is 0.306 e. The lowest BCUT2D eigenvalue weighted by Crippen LogP contribution is -2.30. The van der Waals surface area contributed by atoms with Gasteiger partial charge in [-0.25, -0.2) is 0 Å². The first-order chi connectivity index (χ1) is 29.5. The highest BCUT2D eigenvalue weighted by molar-refractivity contribution is 5.71. The van der Waals surface area contributed by atoms with Crippen LogP contribution in [0.25, 0.3) is 0 Å². The number of carbonyl (C=O) groups excluding carboxylic acids is 3. The molecule has 6 heteroatoms. The van der Waals surface area contributed by atoms with Crippen LogP contribution in [0.15, 0.2) is 85.1 Å². The quantitative estimate of drug-likeness (QED) is 0.0263. The van der Waals surface area contributed by atoms with E-state index in [1.54, 1.807) is 0 Å². The molecule has 0 rings (SSSR count). The highest BCUT2D eigenvalue weighted by Crippen LogP contribution is 2.12. The second-order valence-corrected chi connectivity index (χ2v) is 16.0. The van der Waals surface area contributed by atoms with Gasteiger partial charge in [-0.15, -0.1) is 0 Å². The van der Waals surface area contributed by atoms with Crippen molar-refractivity contribution in [3.05, 3.63) is 85.1 Å². The Morgan fingerprint density at radius 1 is 0.350 bits per heavy atom. The first-order valence-electron chi connectivity index (χ1n) is 24.6. The average molecular weight is 835 g/mol. The van der Waals surface area contributed by atoms with Crippen LogP contribution < -0.4 is 0 Å². The number of hydrogen-bond acceptors (Lipinski definition) is 6. The Morgan fingerprint density at radius 3 is 1.10 bits per heavy atom. The Hall–Kier alpha value is -3.41. The van der Waals surface area contributed by atoms with E-state index in [9.17, 15) is 14.4 Å². The van der Waals surface area contributed by atoms with Gasteiger partial charge < -0.3 is 14.2 Å². The van der Waals surface area contributed by atoms with Gasteiger partial charge in [-0.2, -0.15) is 0 Å². The molecule has 0 fully saturated rings. The largest absolute Gasteiger partial charge is 0.462 e. The Labute approximate surface area is 369 Å². The van der Waals surface area contributed by atoms with Crippen molar-refractivity contribution in [1.29, 1.82) is 0 Å². The van der Waals surface area contributed by atoms with Crippen molar-refractivity contribution in [3.63, 3.8) is 0 Å². The minimum Gasteiger partial charge on any atom is -0.462 e. The van der Waals surface area contributed by atoms with E-state index in [-0.39, 0.29) is 37.5 Å². The predicted octanol–water partition coefficient (Wildman–Crippen LogP) is 16.0. The standard InChI is InChI=1S/C54H90O6/c1-4-7-10-13-16-19-21-23-25-27-29-30-32-35-38-41-44-47-53(56)59-50-51(49-58-52(55)46-43-40-37-34-18-15-12-9-6-3)60-54(57)48-45-42-39-36-33-31-28-26-24-22-20-17-14-11-8-5-2/h8,11,17,20,23-26,29-30,34-35,37-38,51H,4-7,9-10,12-16,18-19,21-22,27-28,31-33,36,39-50H2,1-3H3/b11-8-,20-17-,25-23-,26-24-,30-29-,37-34-,38-35-. The third kappa shape index (κ3) is 45.7. The number of rotatable bonds is 43. The van der Waals surface area contributed by atoms with Crippen LogP contribution in [0.3, 0.4) is 0 Å². The lowest BCUT2D eigenvalue weighted by molar-refractivity contribution is -0.167. The van der Waals surface area contributed by atoms with Gasteiger partial charge in [0.2, 0.25) is 0 Å². The zero-order valence-corrected chi connectivity index (χ0v) is 38.9. The van der Waals surface area contributed by atoms with Gasteiger partial charge in [0.1, 0.15) is 13.2 Å². The van der Waals surface area contributed by atoms with Gasteiger partial charge in [-0.3, -0.25) is 14.4 Å². The summed E-state index contributed by atoms with van der Waals surface area (Å²) in [5.41, 5.74) is 0. The molecular weight excluding hydrogens is 745 g/mol. The Morgan fingerprint density at radius 2 is 0.667 bits per heavy atom. The lowest BCUT2D eigenvalue weighted by atomic mass is 10.1. The Bertz CT molecular complexity index is 1190. The van der Waals surface area contributed by atoms with Gasteiger partial charge in [0.25, 0.3) is 0 Å². The molecule has 6 nitrogen and oxygen atoms in total. The molecule has 0 heterocycles. The topological polar surface area (TPSA) is 78.9 Å². The molecule has 0 aromatic rings. The summed E-state index contributed by atoms with van der Waals surface area (Å²) >= 11 is 0. The summed E-state index contributed by atoms with van der Waals surface area (Å²) in [6.45, 7) is 6.39. The monoisotopic (exact) mass is 835 g/mol. The van der Waals surface area contributed by atoms with Gasteiger partial charge in [0.05, 0.1) is 0 Å². The van der Waals surface area contributed by atoms with Crippen molar-refractivity contribution in [2.75, 3.05) is 13.2 Å². The zero-order valence-electron chi connectivity index (χ0n) is 38.9. The highest BCUT2D eigenvalue weighted by Gasteiger charge is 2.19. The fourth-order valence-electron chi connectivity index (χ4n) is 6.42. The maximum absolute atomic E-state index is 12.7. The molecule has 0 aromatic heterocycles. The molecule has 0 spiro atoms. The Kier molecular flexibility index (Phi) is 45.5. The summed E-state index contributed by atoms with van der Waals surface area (Å²) in [4.78, 5) is 37.8. The second-order valence-electron chi connectivity index (χ2n) is 16.0. The molecule has 0 saturated heterocycles. The number of allylic oxidation sites excluding steroid dienone is 14. The van der Waals surface area contributed by atoms with Gasteiger partial charge >= 0.3 is 17.9 Å². The molecule has 0 radical (unpaired) electrons. The van der Waals surface area contributed by atoms with Crippen LogP contribution >= 0.6 is 0 Å². The van der Waals surface area contributed by atoms with Crippen LogP contribution in [0.5, 0.6) is 0 Å². The van der Waals surface area contributed by atoms with E-state index >= 15 is 0 Å². The van der Waals surface area contributed by atoms with Crippen molar-refractivity contribution >= 4 is 17.9 Å². The SMILES string of the molecule is CC/C=C\C/C=C\C/C=C\CCCCCCCCC(=O)OC(COC(=O)CCC/C=C\C/C=C\C/C=C\CCCCCCCC)COC(=O)CCC/C=C\CCCCCC. The molecular formula is C54H90O6. The van der Waals surface area contributed by atoms with E-state index in [4.69, 9.17) is 14.2 Å². The molecule has 0 aliphatic rings. The van der Waals surface area contributed by atoms with Crippen molar-refractivity contribution in [2.45, 2.75) is 226 Å². The van der Waals surface area contributed by atoms with Crippen LogP contribution in [0.1, 0.15) is 220 Å². The van der Waals surface area contributed by atoms with E-state index in [2.05, 4.69) is 106 Å². The van der Waals surface area contributed by atoms with Crippen LogP contribution in [0.2, 0.25) is 0 Å². The number of ether oxygens (including phenoxy) is 3. The number of carbonyl (C=O) groups is 3. The van der Waals surface area contributed by atoms with Crippen LogP contribution in [0.4, 0.5) is 0 Å². The molecule has 0 aromatic carbocycles. The maximum Gasteiger partial charge on any atom is 0.306 e. The highest BCUT2D eigenvalue weighted by atomic mass is 16.6. The van der Waals surface area contributed by atoms with Gasteiger partial charge in [0, 0.05) is 19.3 Å². The number of unbranched alkanes of at least 4 members (excludes halogenated alkanes) is 18. The normalized spacial score (nSPS) is 12.8. The van der Waals surface area contributed by atoms with Crippen LogP contribution in [-0.4, -0.2) is 37.2 Å². The van der Waals surface area contributed by atoms with Gasteiger partial charge in [0.15, 0.2) is 6.10 Å². The van der Waals surface area contributed by atoms with Crippen LogP contribution in [-0.2, 0) is 28.6 Å². The second kappa shape index (κ2) is 48.3. The maximum atomic E-state index is 12.7. The molecule has 1 atom stereocenters. The van der Waals surface area contributed by atoms with E-state index in [0.29, 0.717) is 25.7 Å². The summed E-state index contributed by atoms with van der Waals surface area (Å²) in [5.74, 6) is -1.02. The van der Waals surface area contributed by atoms with Gasteiger partial charge in [-0.1, -0.05) is 183 Å². The summed E-state index contributed by atoms with van der Waals surface area (Å²) in [7, 11) is 0. The summed E-state index contributed by atoms with van der Waals surface area (Å²) < 4.78 is 16.6. The van der Waals surface area contributed by atoms with Gasteiger partial charge in [-0.05, 0) is 103 Å². The zero-order chi connectivity index (χ0) is 43.7. The summed E-state index contributed by atoms with van der Waals surface area (Å²) in [6.07, 6.45) is 61.5. The van der Waals surface area contributed by atoms with E-state index in [0.717, 1.165) is 83.5 Å².